The molecule has 1 aromatic heterocycles. The number of pyridine rings is 1. The maximum atomic E-state index is 13.8. The minimum atomic E-state index is -4.82. The molecular weight excluding hydrogens is 704 g/mol. The molecule has 282 valence electrons. The van der Waals surface area contributed by atoms with Crippen molar-refractivity contribution in [2.24, 2.45) is 5.92 Å². The summed E-state index contributed by atoms with van der Waals surface area (Å²) in [7, 11) is 0. The number of anilines is 2. The predicted molar refractivity (Wildman–Crippen MR) is 201 cm³/mol. The van der Waals surface area contributed by atoms with Crippen LogP contribution in [0.1, 0.15) is 88.6 Å². The Hall–Kier alpha value is -4.70. The molecule has 3 aliphatic rings. The lowest BCUT2D eigenvalue weighted by atomic mass is 9.75. The predicted octanol–water partition coefficient (Wildman–Crippen LogP) is 9.01. The number of hydrogen-bond donors (Lipinski definition) is 0. The molecule has 2 saturated heterocycles. The number of carbonyl (C=O) groups excluding carboxylic acids is 2. The smallest absolute Gasteiger partial charge is 0.419 e. The molecule has 2 aromatic carbocycles. The van der Waals surface area contributed by atoms with E-state index in [1.807, 2.05) is 64.1 Å². The standard InChI is InChI=1S/C33H38F3N5O4S.C7H8/c1-5-22-17-23(7-8-27(22)44-16-11-21-9-14-39(15-10-21)30(43)45-31(2,3)4)41-29(46)40(28(42)32(41)12-6-13-32)24-18-25(33(34,35)36)26(19-37)38-20-24;1-7-5-3-2-4-6-7/h7-8,17-18,20-21H,5-6,9-16H2,1-4H3;2-6H,1H3. The highest BCUT2D eigenvalue weighted by Gasteiger charge is 2.60. The molecule has 3 aromatic rings. The van der Waals surface area contributed by atoms with E-state index in [4.69, 9.17) is 27.0 Å². The van der Waals surface area contributed by atoms with Crippen LogP contribution in [-0.2, 0) is 22.1 Å². The number of hydrogen-bond acceptors (Lipinski definition) is 7. The second-order valence-electron chi connectivity index (χ2n) is 14.7. The summed E-state index contributed by atoms with van der Waals surface area (Å²) in [4.78, 5) is 34.5. The molecule has 2 aliphatic heterocycles. The van der Waals surface area contributed by atoms with Gasteiger partial charge in [0.15, 0.2) is 10.8 Å². The molecule has 2 amide bonds. The van der Waals surface area contributed by atoms with Gasteiger partial charge in [0.2, 0.25) is 0 Å². The van der Waals surface area contributed by atoms with Crippen molar-refractivity contribution in [1.29, 1.82) is 5.26 Å². The highest BCUT2D eigenvalue weighted by molar-refractivity contribution is 7.81. The molecule has 0 N–H and O–H groups in total. The quantitative estimate of drug-likeness (QED) is 0.221. The number of likely N-dealkylation sites (tertiary alicyclic amines) is 1. The molecule has 9 nitrogen and oxygen atoms in total. The van der Waals surface area contributed by atoms with Gasteiger partial charge in [-0.1, -0.05) is 42.8 Å². The summed E-state index contributed by atoms with van der Waals surface area (Å²) in [5.41, 5.74) is -0.719. The Morgan fingerprint density at radius 1 is 1.06 bits per heavy atom. The molecule has 0 atom stereocenters. The van der Waals surface area contributed by atoms with Crippen LogP contribution in [0.2, 0.25) is 0 Å². The molecule has 3 fully saturated rings. The second kappa shape index (κ2) is 16.1. The Balaban J connectivity index is 0.000000693. The average Bonchev–Trinajstić information content (AvgIpc) is 3.34. The molecular formula is C40H46F3N5O4S. The van der Waals surface area contributed by atoms with Crippen molar-refractivity contribution in [3.63, 3.8) is 0 Å². The first-order chi connectivity index (χ1) is 25.1. The van der Waals surface area contributed by atoms with Gasteiger partial charge in [-0.3, -0.25) is 9.69 Å². The number of amides is 2. The van der Waals surface area contributed by atoms with Crippen LogP contribution < -0.4 is 14.5 Å². The van der Waals surface area contributed by atoms with Gasteiger partial charge < -0.3 is 19.3 Å². The van der Waals surface area contributed by atoms with Crippen molar-refractivity contribution in [3.8, 4) is 11.8 Å². The van der Waals surface area contributed by atoms with E-state index in [0.717, 1.165) is 54.2 Å². The summed E-state index contributed by atoms with van der Waals surface area (Å²) in [6.45, 7) is 11.5. The molecule has 0 bridgehead atoms. The minimum Gasteiger partial charge on any atom is -0.493 e. The number of rotatable bonds is 7. The lowest BCUT2D eigenvalue weighted by Crippen LogP contribution is -2.55. The summed E-state index contributed by atoms with van der Waals surface area (Å²) in [5, 5.41) is 9.23. The van der Waals surface area contributed by atoms with Gasteiger partial charge in [0.25, 0.3) is 5.91 Å². The number of thiocarbonyl (C=S) groups is 1. The summed E-state index contributed by atoms with van der Waals surface area (Å²) in [5.74, 6) is 0.744. The second-order valence-corrected chi connectivity index (χ2v) is 15.1. The van der Waals surface area contributed by atoms with Crippen molar-refractivity contribution in [2.45, 2.75) is 96.9 Å². The lowest BCUT2D eigenvalue weighted by Gasteiger charge is -2.43. The number of nitriles is 1. The van der Waals surface area contributed by atoms with Crippen LogP contribution in [0.15, 0.2) is 60.8 Å². The Labute approximate surface area is 314 Å². The van der Waals surface area contributed by atoms with Crippen molar-refractivity contribution in [1.82, 2.24) is 9.88 Å². The number of halogens is 3. The van der Waals surface area contributed by atoms with Gasteiger partial charge in [-0.25, -0.2) is 9.78 Å². The number of aromatic nitrogens is 1. The zero-order valence-corrected chi connectivity index (χ0v) is 31.6. The van der Waals surface area contributed by atoms with Gasteiger partial charge in [0, 0.05) is 18.8 Å². The maximum absolute atomic E-state index is 13.8. The van der Waals surface area contributed by atoms with E-state index in [1.54, 1.807) is 9.80 Å². The minimum absolute atomic E-state index is 0.0674. The van der Waals surface area contributed by atoms with Crippen LogP contribution in [0.5, 0.6) is 5.75 Å². The Bertz CT molecular complexity index is 1850. The number of aryl methyl sites for hydroxylation is 2. The molecule has 0 unspecified atom stereocenters. The van der Waals surface area contributed by atoms with Crippen molar-refractivity contribution in [2.75, 3.05) is 29.5 Å². The highest BCUT2D eigenvalue weighted by atomic mass is 32.1. The molecule has 13 heteroatoms. The van der Waals surface area contributed by atoms with Gasteiger partial charge in [0.1, 0.15) is 23.0 Å². The Kier molecular flexibility index (Phi) is 12.0. The molecule has 1 saturated carbocycles. The van der Waals surface area contributed by atoms with Crippen LogP contribution >= 0.6 is 12.2 Å². The fourth-order valence-electron chi connectivity index (χ4n) is 6.81. The van der Waals surface area contributed by atoms with Crippen LogP contribution in [0, 0.1) is 24.2 Å². The van der Waals surface area contributed by atoms with Crippen molar-refractivity contribution in [3.05, 3.63) is 83.2 Å². The topological polar surface area (TPSA) is 99.0 Å². The first-order valence-corrected chi connectivity index (χ1v) is 18.4. The van der Waals surface area contributed by atoms with Gasteiger partial charge in [0.05, 0.1) is 24.1 Å². The first-order valence-electron chi connectivity index (χ1n) is 18.0. The van der Waals surface area contributed by atoms with E-state index in [-0.39, 0.29) is 16.9 Å². The van der Waals surface area contributed by atoms with Gasteiger partial charge in [-0.15, -0.1) is 0 Å². The Morgan fingerprint density at radius 3 is 2.26 bits per heavy atom. The third kappa shape index (κ3) is 8.92. The molecule has 6 rings (SSSR count). The van der Waals surface area contributed by atoms with Gasteiger partial charge in [-0.05, 0) is 121 Å². The number of piperidine rings is 1. The summed E-state index contributed by atoms with van der Waals surface area (Å²) in [6.07, 6.45) is 1.01. The van der Waals surface area contributed by atoms with E-state index >= 15 is 0 Å². The van der Waals surface area contributed by atoms with E-state index in [9.17, 15) is 22.8 Å². The van der Waals surface area contributed by atoms with Crippen molar-refractivity contribution < 1.29 is 32.2 Å². The SMILES string of the molecule is CCc1cc(N2C(=S)N(c3cnc(C#N)c(C(F)(F)F)c3)C(=O)C23CCC3)ccc1OCCC1CCN(C(=O)OC(C)(C)C)CC1.Cc1ccccc1. The van der Waals surface area contributed by atoms with E-state index in [1.165, 1.54) is 11.6 Å². The summed E-state index contributed by atoms with van der Waals surface area (Å²) in [6, 6.07) is 18.1. The normalized spacial score (nSPS) is 17.2. The third-order valence-electron chi connectivity index (χ3n) is 9.81. The molecule has 0 radical (unpaired) electrons. The van der Waals surface area contributed by atoms with E-state index in [0.29, 0.717) is 50.6 Å². The summed E-state index contributed by atoms with van der Waals surface area (Å²) >= 11 is 5.75. The average molecular weight is 750 g/mol. The molecule has 1 aliphatic carbocycles. The van der Waals surface area contributed by atoms with E-state index in [2.05, 4.69) is 24.0 Å². The fourth-order valence-corrected chi connectivity index (χ4v) is 7.28. The summed E-state index contributed by atoms with van der Waals surface area (Å²) < 4.78 is 52.8. The van der Waals surface area contributed by atoms with Gasteiger partial charge in [-0.2, -0.15) is 18.4 Å². The first kappa shape index (κ1) is 39.5. The number of carbonyl (C=O) groups is 2. The zero-order valence-electron chi connectivity index (χ0n) is 30.8. The van der Waals surface area contributed by atoms with E-state index < -0.39 is 34.5 Å². The zero-order chi connectivity index (χ0) is 38.6. The van der Waals surface area contributed by atoms with Crippen LogP contribution in [0.25, 0.3) is 0 Å². The number of ether oxygens (including phenoxy) is 2. The Morgan fingerprint density at radius 2 is 1.74 bits per heavy atom. The van der Waals surface area contributed by atoms with Crippen molar-refractivity contribution >= 4 is 40.7 Å². The molecule has 3 heterocycles. The van der Waals surface area contributed by atoms with Crippen LogP contribution in [0.4, 0.5) is 29.3 Å². The molecule has 1 spiro atoms. The monoisotopic (exact) mass is 749 g/mol. The van der Waals surface area contributed by atoms with Crippen LogP contribution in [-0.4, -0.2) is 57.8 Å². The largest absolute Gasteiger partial charge is 0.493 e. The number of nitrogens with zero attached hydrogens (tertiary/aromatic N) is 5. The maximum Gasteiger partial charge on any atom is 0.419 e. The van der Waals surface area contributed by atoms with Gasteiger partial charge >= 0.3 is 12.3 Å². The fraction of sp³-hybridized carbons (Fsp3) is 0.475. The molecule has 53 heavy (non-hydrogen) atoms. The number of alkyl halides is 3. The number of benzene rings is 2. The van der Waals surface area contributed by atoms with Crippen LogP contribution in [0.3, 0.4) is 0 Å². The highest BCUT2D eigenvalue weighted by Crippen LogP contribution is 2.49. The lowest BCUT2D eigenvalue weighted by molar-refractivity contribution is -0.138. The third-order valence-corrected chi connectivity index (χ3v) is 10.2.